The summed E-state index contributed by atoms with van der Waals surface area (Å²) in [6.45, 7) is 16.5. The van der Waals surface area contributed by atoms with Gasteiger partial charge in [0.25, 0.3) is 0 Å². The SMILES string of the molecule is CCCCCCCCCCCCCC(=O)[O-].CCCCCCCCCCCCCC(=O)[O-].[CH2]CCCCCCC.[CH2]CCCCCCC.[Sn+2]. The summed E-state index contributed by atoms with van der Waals surface area (Å²) in [6, 6.07) is 0. The van der Waals surface area contributed by atoms with E-state index >= 15 is 0 Å². The van der Waals surface area contributed by atoms with Crippen LogP contribution in [0.5, 0.6) is 0 Å². The molecule has 0 fully saturated rings. The van der Waals surface area contributed by atoms with Crippen LogP contribution in [0.15, 0.2) is 0 Å². The molecule has 5 heteroatoms. The van der Waals surface area contributed by atoms with Crippen molar-refractivity contribution < 1.29 is 19.8 Å². The van der Waals surface area contributed by atoms with Crippen molar-refractivity contribution in [2.45, 2.75) is 259 Å². The number of hydrogen-bond acceptors (Lipinski definition) is 4. The van der Waals surface area contributed by atoms with Crippen LogP contribution in [0.3, 0.4) is 0 Å². The molecule has 0 aromatic heterocycles. The van der Waals surface area contributed by atoms with Gasteiger partial charge < -0.3 is 19.8 Å². The first kappa shape index (κ1) is 58.1. The van der Waals surface area contributed by atoms with Crippen molar-refractivity contribution in [2.75, 3.05) is 0 Å². The van der Waals surface area contributed by atoms with Crippen LogP contribution in [-0.4, -0.2) is 35.8 Å². The zero-order valence-electron chi connectivity index (χ0n) is 34.0. The van der Waals surface area contributed by atoms with Crippen molar-refractivity contribution in [1.29, 1.82) is 0 Å². The molecule has 0 saturated carbocycles. The van der Waals surface area contributed by atoms with Gasteiger partial charge in [0.05, 0.1) is 0 Å². The molecule has 0 bridgehead atoms. The molecule has 0 aliphatic heterocycles. The number of carboxylic acid groups (broad SMARTS) is 2. The fourth-order valence-corrected chi connectivity index (χ4v) is 5.43. The van der Waals surface area contributed by atoms with E-state index in [9.17, 15) is 19.8 Å². The van der Waals surface area contributed by atoms with Crippen molar-refractivity contribution in [3.05, 3.63) is 13.8 Å². The Morgan fingerprint density at radius 1 is 0.327 bits per heavy atom. The van der Waals surface area contributed by atoms with E-state index in [-0.39, 0.29) is 36.7 Å². The van der Waals surface area contributed by atoms with Gasteiger partial charge in [0.1, 0.15) is 0 Å². The van der Waals surface area contributed by atoms with Crippen LogP contribution < -0.4 is 10.2 Å². The van der Waals surface area contributed by atoms with Crippen molar-refractivity contribution in [3.63, 3.8) is 0 Å². The maximum absolute atomic E-state index is 10.1. The maximum atomic E-state index is 10.1. The van der Waals surface area contributed by atoms with Crippen LogP contribution in [0.4, 0.5) is 0 Å². The average Bonchev–Trinajstić information content (AvgIpc) is 3.07. The molecule has 0 amide bonds. The summed E-state index contributed by atoms with van der Waals surface area (Å²) in [5, 5.41) is 20.3. The molecule has 0 heterocycles. The van der Waals surface area contributed by atoms with Crippen LogP contribution in [0, 0.1) is 13.8 Å². The summed E-state index contributed by atoms with van der Waals surface area (Å²) < 4.78 is 0. The van der Waals surface area contributed by atoms with Gasteiger partial charge in [-0.3, -0.25) is 0 Å². The molecule has 0 aliphatic rings. The fourth-order valence-electron chi connectivity index (χ4n) is 5.43. The van der Waals surface area contributed by atoms with Gasteiger partial charge in [-0.1, -0.05) is 247 Å². The topological polar surface area (TPSA) is 80.3 Å². The van der Waals surface area contributed by atoms with E-state index < -0.39 is 11.9 Å². The minimum Gasteiger partial charge on any atom is -0.550 e. The van der Waals surface area contributed by atoms with Crippen molar-refractivity contribution in [1.82, 2.24) is 0 Å². The van der Waals surface area contributed by atoms with E-state index in [1.54, 1.807) is 0 Å². The first-order chi connectivity index (χ1) is 23.4. The van der Waals surface area contributed by atoms with Crippen LogP contribution in [-0.2, 0) is 9.59 Å². The van der Waals surface area contributed by atoms with E-state index in [4.69, 9.17) is 0 Å². The Morgan fingerprint density at radius 2 is 0.490 bits per heavy atom. The first-order valence-electron chi connectivity index (χ1n) is 21.4. The van der Waals surface area contributed by atoms with Crippen molar-refractivity contribution >= 4 is 35.8 Å². The van der Waals surface area contributed by atoms with Gasteiger partial charge in [0.2, 0.25) is 0 Å². The summed E-state index contributed by atoms with van der Waals surface area (Å²) in [7, 11) is 0. The molecule has 0 aliphatic carbocycles. The number of aliphatic carboxylic acids is 2. The molecule has 4 radical (unpaired) electrons. The maximum Gasteiger partial charge on any atom is 2.00 e. The molecule has 0 atom stereocenters. The molecule has 0 spiro atoms. The van der Waals surface area contributed by atoms with Crippen LogP contribution in [0.25, 0.3) is 0 Å². The number of carbonyl (C=O) groups is 2. The minimum atomic E-state index is -0.907. The van der Waals surface area contributed by atoms with Crippen molar-refractivity contribution in [3.8, 4) is 0 Å². The largest absolute Gasteiger partial charge is 2.00 e. The molecule has 0 aromatic carbocycles. The molecule has 49 heavy (non-hydrogen) atoms. The summed E-state index contributed by atoms with van der Waals surface area (Å²) in [6.07, 6.45) is 44.0. The van der Waals surface area contributed by atoms with Gasteiger partial charge in [-0.05, 0) is 25.7 Å². The molecular formula is C44H88O4Sn. The van der Waals surface area contributed by atoms with E-state index in [1.807, 2.05) is 0 Å². The molecule has 0 unspecified atom stereocenters. The normalized spacial score (nSPS) is 10.1. The Labute approximate surface area is 326 Å². The molecular weight excluding hydrogens is 711 g/mol. The molecule has 0 N–H and O–H groups in total. The van der Waals surface area contributed by atoms with E-state index in [2.05, 4.69) is 41.5 Å². The zero-order chi connectivity index (χ0) is 36.6. The minimum absolute atomic E-state index is 0. The van der Waals surface area contributed by atoms with Gasteiger partial charge in [-0.2, -0.15) is 0 Å². The number of hydrogen-bond donors (Lipinski definition) is 0. The zero-order valence-corrected chi connectivity index (χ0v) is 36.9. The van der Waals surface area contributed by atoms with Crippen LogP contribution in [0.1, 0.15) is 259 Å². The summed E-state index contributed by atoms with van der Waals surface area (Å²) in [4.78, 5) is 20.3. The summed E-state index contributed by atoms with van der Waals surface area (Å²) in [5.41, 5.74) is 0. The number of carbonyl (C=O) groups excluding carboxylic acids is 2. The second-order valence-corrected chi connectivity index (χ2v) is 13.9. The molecule has 0 saturated heterocycles. The van der Waals surface area contributed by atoms with Crippen LogP contribution >= 0.6 is 0 Å². The second kappa shape index (κ2) is 59.9. The van der Waals surface area contributed by atoms with Gasteiger partial charge in [0, 0.05) is 11.9 Å². The Bertz CT molecular complexity index is 495. The summed E-state index contributed by atoms with van der Waals surface area (Å²) in [5.74, 6) is -1.81. The molecule has 4 nitrogen and oxygen atoms in total. The van der Waals surface area contributed by atoms with Gasteiger partial charge in [-0.25, -0.2) is 0 Å². The molecule has 0 aromatic rings. The summed E-state index contributed by atoms with van der Waals surface area (Å²) >= 11 is 0. The Kier molecular flexibility index (Phi) is 70.9. The Morgan fingerprint density at radius 3 is 0.653 bits per heavy atom. The Balaban J connectivity index is -0.000000183. The number of unbranched alkanes of at least 4 members (excludes halogenated alkanes) is 30. The first-order valence-corrected chi connectivity index (χ1v) is 21.4. The van der Waals surface area contributed by atoms with E-state index in [0.29, 0.717) is 0 Å². The number of carboxylic acids is 2. The predicted molar refractivity (Wildman–Crippen MR) is 215 cm³/mol. The van der Waals surface area contributed by atoms with Gasteiger partial charge in [-0.15, -0.1) is 0 Å². The molecule has 292 valence electrons. The molecule has 0 rings (SSSR count). The number of rotatable bonds is 34. The fraction of sp³-hybridized carbons (Fsp3) is 0.909. The predicted octanol–water partition coefficient (Wildman–Crippen LogP) is 12.9. The van der Waals surface area contributed by atoms with E-state index in [1.165, 1.54) is 180 Å². The standard InChI is InChI=1S/2C14H28O2.2C8H17.Sn/c2*1-2-3-4-5-6-7-8-9-10-11-12-13-14(15)16;2*1-3-5-7-8-6-4-2;/h2*2-13H2,1H3,(H,15,16);2*1,3-8H2,2H3;/q;;;;+2/p-2. The monoisotopic (exact) mass is 801 g/mol. The Hall–Kier alpha value is -0.261. The second-order valence-electron chi connectivity index (χ2n) is 13.9. The van der Waals surface area contributed by atoms with Gasteiger partial charge in [0.15, 0.2) is 0 Å². The van der Waals surface area contributed by atoms with Crippen molar-refractivity contribution in [2.24, 2.45) is 0 Å². The third-order valence-corrected chi connectivity index (χ3v) is 8.68. The third-order valence-electron chi connectivity index (χ3n) is 8.68. The quantitative estimate of drug-likeness (QED) is 0.0480. The van der Waals surface area contributed by atoms with Gasteiger partial charge >= 0.3 is 23.9 Å². The van der Waals surface area contributed by atoms with E-state index in [0.717, 1.165) is 38.5 Å². The third kappa shape index (κ3) is 78.2. The smallest absolute Gasteiger partial charge is 0.550 e. The van der Waals surface area contributed by atoms with Crippen LogP contribution in [0.2, 0.25) is 0 Å². The average molecular weight is 800 g/mol.